The van der Waals surface area contributed by atoms with Crippen LogP contribution < -0.4 is 10.1 Å². The molecule has 0 atom stereocenters. The fourth-order valence-corrected chi connectivity index (χ4v) is 3.67. The zero-order valence-corrected chi connectivity index (χ0v) is 18.0. The van der Waals surface area contributed by atoms with E-state index < -0.39 is 0 Å². The number of nitrogens with one attached hydrogen (secondary N) is 1. The first kappa shape index (κ1) is 21.3. The summed E-state index contributed by atoms with van der Waals surface area (Å²) in [7, 11) is 0. The van der Waals surface area contributed by atoms with Crippen LogP contribution in [-0.4, -0.2) is 16.0 Å². The van der Waals surface area contributed by atoms with Crippen LogP contribution in [0.1, 0.15) is 23.4 Å². The topological polar surface area (TPSA) is 101 Å². The molecular formula is C24H20N4O3S. The van der Waals surface area contributed by atoms with E-state index in [1.54, 1.807) is 0 Å². The molecule has 2 aromatic carbocycles. The molecular weight excluding hydrogens is 424 g/mol. The molecule has 32 heavy (non-hydrogen) atoms. The number of nitriles is 1. The van der Waals surface area contributed by atoms with E-state index in [1.165, 1.54) is 11.3 Å². The molecule has 2 heterocycles. The number of nitrogens with zero attached hydrogens (tertiary/aromatic N) is 3. The smallest absolute Gasteiger partial charge is 0.227 e. The Morgan fingerprint density at radius 2 is 1.97 bits per heavy atom. The number of anilines is 1. The molecule has 0 saturated heterocycles. The van der Waals surface area contributed by atoms with Crippen LogP contribution in [0.15, 0.2) is 70.6 Å². The molecule has 1 N–H and O–H groups in total. The molecule has 0 radical (unpaired) electrons. The number of ether oxygens (including phenoxy) is 1. The molecule has 0 aliphatic carbocycles. The molecule has 0 saturated carbocycles. The second-order valence-electron chi connectivity index (χ2n) is 6.96. The van der Waals surface area contributed by atoms with E-state index in [0.29, 0.717) is 42.6 Å². The fraction of sp³-hybridized carbons (Fsp3) is 0.167. The highest BCUT2D eigenvalue weighted by Crippen LogP contribution is 2.22. The number of carbonyl (C=O) groups is 1. The van der Waals surface area contributed by atoms with Crippen LogP contribution in [0.4, 0.5) is 5.69 Å². The molecule has 0 unspecified atom stereocenters. The van der Waals surface area contributed by atoms with Crippen molar-refractivity contribution in [3.05, 3.63) is 83.1 Å². The van der Waals surface area contributed by atoms with Crippen LogP contribution in [0.5, 0.6) is 5.75 Å². The van der Waals surface area contributed by atoms with Gasteiger partial charge in [0.2, 0.25) is 17.6 Å². The average molecular weight is 445 g/mol. The Balaban J connectivity index is 1.31. The molecule has 0 spiro atoms. The van der Waals surface area contributed by atoms with Crippen LogP contribution in [0.3, 0.4) is 0 Å². The van der Waals surface area contributed by atoms with Gasteiger partial charge < -0.3 is 14.6 Å². The number of thiophene rings is 1. The summed E-state index contributed by atoms with van der Waals surface area (Å²) >= 11 is 1.53. The lowest BCUT2D eigenvalue weighted by Gasteiger charge is -2.12. The number of benzene rings is 2. The van der Waals surface area contributed by atoms with Crippen LogP contribution in [-0.2, 0) is 24.2 Å². The molecule has 0 aliphatic heterocycles. The largest absolute Gasteiger partial charge is 0.489 e. The van der Waals surface area contributed by atoms with Crippen molar-refractivity contribution in [1.29, 1.82) is 5.26 Å². The van der Waals surface area contributed by atoms with Crippen molar-refractivity contribution in [3.63, 3.8) is 0 Å². The monoisotopic (exact) mass is 444 g/mol. The predicted molar refractivity (Wildman–Crippen MR) is 121 cm³/mol. The second kappa shape index (κ2) is 10.4. The third-order valence-corrected chi connectivity index (χ3v) is 5.53. The zero-order chi connectivity index (χ0) is 22.2. The number of carbonyl (C=O) groups excluding carboxylic acids is 1. The minimum Gasteiger partial charge on any atom is -0.489 e. The molecule has 4 aromatic rings. The first-order valence-electron chi connectivity index (χ1n) is 10.0. The summed E-state index contributed by atoms with van der Waals surface area (Å²) in [4.78, 5) is 17.8. The van der Waals surface area contributed by atoms with Crippen molar-refractivity contribution in [1.82, 2.24) is 10.1 Å². The van der Waals surface area contributed by atoms with E-state index in [-0.39, 0.29) is 12.3 Å². The van der Waals surface area contributed by atoms with Crippen molar-refractivity contribution in [3.8, 4) is 22.5 Å². The zero-order valence-electron chi connectivity index (χ0n) is 17.2. The van der Waals surface area contributed by atoms with Crippen molar-refractivity contribution >= 4 is 22.9 Å². The molecule has 2 aromatic heterocycles. The summed E-state index contributed by atoms with van der Waals surface area (Å²) in [6.07, 6.45) is 0.952. The Bertz CT molecular complexity index is 1210. The Hall–Kier alpha value is -3.96. The quantitative estimate of drug-likeness (QED) is 0.389. The fourth-order valence-electron chi connectivity index (χ4n) is 3.02. The first-order chi connectivity index (χ1) is 15.7. The summed E-state index contributed by atoms with van der Waals surface area (Å²) in [5.41, 5.74) is 2.50. The third kappa shape index (κ3) is 5.59. The molecule has 0 fully saturated rings. The van der Waals surface area contributed by atoms with E-state index >= 15 is 0 Å². The highest BCUT2D eigenvalue weighted by molar-refractivity contribution is 7.13. The van der Waals surface area contributed by atoms with Gasteiger partial charge in [-0.3, -0.25) is 4.79 Å². The van der Waals surface area contributed by atoms with Crippen molar-refractivity contribution in [2.75, 3.05) is 5.32 Å². The van der Waals surface area contributed by atoms with Crippen LogP contribution in [0.25, 0.3) is 10.7 Å². The van der Waals surface area contributed by atoms with Crippen LogP contribution in [0.2, 0.25) is 0 Å². The van der Waals surface area contributed by atoms with E-state index in [2.05, 4.69) is 21.5 Å². The van der Waals surface area contributed by atoms with Gasteiger partial charge in [-0.15, -0.1) is 11.3 Å². The number of aryl methyl sites for hydroxylation is 1. The SMILES string of the molecule is N#CCc1ccc(OCc2ccccc2NC(=O)CCc2nc(-c3cccs3)no2)cc1. The molecule has 4 rings (SSSR count). The molecule has 8 heteroatoms. The maximum absolute atomic E-state index is 12.5. The van der Waals surface area contributed by atoms with Crippen molar-refractivity contribution < 1.29 is 14.1 Å². The van der Waals surface area contributed by atoms with Crippen LogP contribution >= 0.6 is 11.3 Å². The standard InChI is InChI=1S/C24H20N4O3S/c25-14-13-17-7-9-19(10-8-17)30-16-18-4-1-2-5-20(18)26-22(29)11-12-23-27-24(28-31-23)21-6-3-15-32-21/h1-10,15H,11-13,16H2,(H,26,29). The number of rotatable bonds is 9. The van der Waals surface area contributed by atoms with E-state index in [1.807, 2.05) is 66.0 Å². The highest BCUT2D eigenvalue weighted by Gasteiger charge is 2.12. The summed E-state index contributed by atoms with van der Waals surface area (Å²) < 4.78 is 11.1. The van der Waals surface area contributed by atoms with Crippen LogP contribution in [0, 0.1) is 11.3 Å². The Labute approximate surface area is 189 Å². The van der Waals surface area contributed by atoms with Gasteiger partial charge in [0.15, 0.2) is 0 Å². The number of hydrogen-bond acceptors (Lipinski definition) is 7. The Kier molecular flexibility index (Phi) is 6.90. The van der Waals surface area contributed by atoms with Gasteiger partial charge in [0, 0.05) is 24.1 Å². The van der Waals surface area contributed by atoms with Crippen molar-refractivity contribution in [2.24, 2.45) is 0 Å². The summed E-state index contributed by atoms with van der Waals surface area (Å²) in [5.74, 6) is 1.53. The molecule has 7 nitrogen and oxygen atoms in total. The van der Waals surface area contributed by atoms with E-state index in [9.17, 15) is 4.79 Å². The number of para-hydroxylation sites is 1. The molecule has 0 aliphatic rings. The van der Waals surface area contributed by atoms with E-state index in [0.717, 1.165) is 16.0 Å². The van der Waals surface area contributed by atoms with Gasteiger partial charge in [-0.2, -0.15) is 10.2 Å². The number of amides is 1. The minimum atomic E-state index is -0.144. The molecule has 0 bridgehead atoms. The lowest BCUT2D eigenvalue weighted by atomic mass is 10.1. The maximum atomic E-state index is 12.5. The lowest BCUT2D eigenvalue weighted by molar-refractivity contribution is -0.116. The second-order valence-corrected chi connectivity index (χ2v) is 7.91. The predicted octanol–water partition coefficient (Wildman–Crippen LogP) is 5.01. The Morgan fingerprint density at radius 3 is 2.75 bits per heavy atom. The van der Waals surface area contributed by atoms with Gasteiger partial charge in [0.25, 0.3) is 0 Å². The van der Waals surface area contributed by atoms with Gasteiger partial charge in [-0.05, 0) is 35.2 Å². The van der Waals surface area contributed by atoms with Gasteiger partial charge in [-0.25, -0.2) is 0 Å². The average Bonchev–Trinajstić information content (AvgIpc) is 3.50. The Morgan fingerprint density at radius 1 is 1.12 bits per heavy atom. The molecule has 1 amide bonds. The summed E-state index contributed by atoms with van der Waals surface area (Å²) in [6.45, 7) is 0.307. The summed E-state index contributed by atoms with van der Waals surface area (Å²) in [5, 5.41) is 17.6. The lowest BCUT2D eigenvalue weighted by Crippen LogP contribution is -2.14. The van der Waals surface area contributed by atoms with E-state index in [4.69, 9.17) is 14.5 Å². The minimum absolute atomic E-state index is 0.144. The van der Waals surface area contributed by atoms with Gasteiger partial charge in [-0.1, -0.05) is 41.6 Å². The maximum Gasteiger partial charge on any atom is 0.227 e. The normalized spacial score (nSPS) is 10.5. The third-order valence-electron chi connectivity index (χ3n) is 4.67. The van der Waals surface area contributed by atoms with Gasteiger partial charge in [0.05, 0.1) is 17.4 Å². The summed E-state index contributed by atoms with van der Waals surface area (Å²) in [6, 6.07) is 20.9. The first-order valence-corrected chi connectivity index (χ1v) is 10.9. The van der Waals surface area contributed by atoms with Gasteiger partial charge >= 0.3 is 0 Å². The molecule has 160 valence electrons. The number of hydrogen-bond donors (Lipinski definition) is 1. The highest BCUT2D eigenvalue weighted by atomic mass is 32.1. The van der Waals surface area contributed by atoms with Gasteiger partial charge in [0.1, 0.15) is 12.4 Å². The number of aromatic nitrogens is 2. The van der Waals surface area contributed by atoms with Crippen molar-refractivity contribution in [2.45, 2.75) is 25.9 Å².